The first-order valence-corrected chi connectivity index (χ1v) is 9.16. The molecule has 1 aromatic carbocycles. The van der Waals surface area contributed by atoms with Crippen LogP contribution < -0.4 is 4.74 Å². The number of carbonyl (C=O) groups excluding carboxylic acids is 1. The fourth-order valence-corrected chi connectivity index (χ4v) is 3.49. The van der Waals surface area contributed by atoms with Crippen molar-refractivity contribution in [2.75, 3.05) is 27.2 Å². The van der Waals surface area contributed by atoms with Gasteiger partial charge >= 0.3 is 0 Å². The number of hydrogen-bond acceptors (Lipinski definition) is 4. The summed E-state index contributed by atoms with van der Waals surface area (Å²) in [5, 5.41) is 0. The highest BCUT2D eigenvalue weighted by molar-refractivity contribution is 7.89. The lowest BCUT2D eigenvalue weighted by Crippen LogP contribution is -2.36. The molecule has 6 nitrogen and oxygen atoms in total. The SMILES string of the molecule is CCN(C(=O)COc1ccc(C)cc1S(=O)(=O)N(C)C)C1CC1. The highest BCUT2D eigenvalue weighted by Gasteiger charge is 2.31. The van der Waals surface area contributed by atoms with Crippen molar-refractivity contribution in [1.29, 1.82) is 0 Å². The Kier molecular flexibility index (Phi) is 5.31. The number of nitrogens with zero attached hydrogens (tertiary/aromatic N) is 2. The fourth-order valence-electron chi connectivity index (χ4n) is 2.38. The molecule has 23 heavy (non-hydrogen) atoms. The van der Waals surface area contributed by atoms with Gasteiger partial charge in [-0.05, 0) is 44.4 Å². The molecule has 0 aliphatic heterocycles. The minimum atomic E-state index is -3.62. The molecule has 0 spiro atoms. The zero-order valence-corrected chi connectivity index (χ0v) is 14.9. The van der Waals surface area contributed by atoms with Crippen molar-refractivity contribution in [3.63, 3.8) is 0 Å². The van der Waals surface area contributed by atoms with Crippen LogP contribution in [0.4, 0.5) is 0 Å². The van der Waals surface area contributed by atoms with Gasteiger partial charge in [0.1, 0.15) is 10.6 Å². The number of sulfonamides is 1. The number of likely N-dealkylation sites (N-methyl/N-ethyl adjacent to an activating group) is 1. The summed E-state index contributed by atoms with van der Waals surface area (Å²) < 4.78 is 31.5. The van der Waals surface area contributed by atoms with Gasteiger partial charge in [0, 0.05) is 26.7 Å². The van der Waals surface area contributed by atoms with Gasteiger partial charge < -0.3 is 9.64 Å². The Morgan fingerprint density at radius 2 is 1.96 bits per heavy atom. The number of hydrogen-bond donors (Lipinski definition) is 0. The molecule has 1 aromatic rings. The zero-order valence-electron chi connectivity index (χ0n) is 14.1. The normalized spacial score (nSPS) is 14.8. The van der Waals surface area contributed by atoms with E-state index in [1.165, 1.54) is 14.1 Å². The van der Waals surface area contributed by atoms with E-state index in [9.17, 15) is 13.2 Å². The maximum atomic E-state index is 12.4. The number of ether oxygens (including phenoxy) is 1. The summed E-state index contributed by atoms with van der Waals surface area (Å²) in [6.07, 6.45) is 2.06. The van der Waals surface area contributed by atoms with Gasteiger partial charge in [0.25, 0.3) is 5.91 Å². The molecular formula is C16H24N2O4S. The summed E-state index contributed by atoms with van der Waals surface area (Å²) in [6, 6.07) is 5.26. The Hall–Kier alpha value is -1.60. The zero-order chi connectivity index (χ0) is 17.2. The minimum Gasteiger partial charge on any atom is -0.482 e. The first kappa shape index (κ1) is 17.7. The van der Waals surface area contributed by atoms with Gasteiger partial charge in [0.15, 0.2) is 6.61 Å². The quantitative estimate of drug-likeness (QED) is 0.757. The van der Waals surface area contributed by atoms with Gasteiger partial charge in [0.05, 0.1) is 0 Å². The van der Waals surface area contributed by atoms with E-state index in [0.717, 1.165) is 22.7 Å². The summed E-state index contributed by atoms with van der Waals surface area (Å²) >= 11 is 0. The van der Waals surface area contributed by atoms with Crippen LogP contribution >= 0.6 is 0 Å². The van der Waals surface area contributed by atoms with Gasteiger partial charge in [-0.1, -0.05) is 6.07 Å². The molecular weight excluding hydrogens is 316 g/mol. The Morgan fingerprint density at radius 1 is 1.30 bits per heavy atom. The predicted molar refractivity (Wildman–Crippen MR) is 88.0 cm³/mol. The Bertz CT molecular complexity index is 681. The third-order valence-electron chi connectivity index (χ3n) is 3.86. The third-order valence-corrected chi connectivity index (χ3v) is 5.69. The summed E-state index contributed by atoms with van der Waals surface area (Å²) in [4.78, 5) is 14.1. The summed E-state index contributed by atoms with van der Waals surface area (Å²) in [6.45, 7) is 4.24. The van der Waals surface area contributed by atoms with Crippen molar-refractivity contribution in [1.82, 2.24) is 9.21 Å². The van der Waals surface area contributed by atoms with Crippen LogP contribution in [0, 0.1) is 6.92 Å². The first-order chi connectivity index (χ1) is 10.8. The first-order valence-electron chi connectivity index (χ1n) is 7.72. The summed E-state index contributed by atoms with van der Waals surface area (Å²) in [5.74, 6) is 0.105. The lowest BCUT2D eigenvalue weighted by atomic mass is 10.2. The predicted octanol–water partition coefficient (Wildman–Crippen LogP) is 1.64. The standard InChI is InChI=1S/C16H24N2O4S/c1-5-18(13-7-8-13)16(19)11-22-14-9-6-12(2)10-15(14)23(20,21)17(3)4/h6,9-10,13H,5,7-8,11H2,1-4H3. The molecule has 1 amide bonds. The second kappa shape index (κ2) is 6.88. The molecule has 0 unspecified atom stereocenters. The van der Waals surface area contributed by atoms with E-state index in [1.54, 1.807) is 23.1 Å². The lowest BCUT2D eigenvalue weighted by Gasteiger charge is -2.21. The van der Waals surface area contributed by atoms with E-state index < -0.39 is 10.0 Å². The van der Waals surface area contributed by atoms with Crippen molar-refractivity contribution in [2.45, 2.75) is 37.6 Å². The highest BCUT2D eigenvalue weighted by Crippen LogP contribution is 2.29. The van der Waals surface area contributed by atoms with Crippen molar-refractivity contribution < 1.29 is 17.9 Å². The molecule has 2 rings (SSSR count). The summed E-state index contributed by atoms with van der Waals surface area (Å²) in [7, 11) is -0.683. The molecule has 0 radical (unpaired) electrons. The number of carbonyl (C=O) groups is 1. The van der Waals surface area contributed by atoms with Crippen molar-refractivity contribution in [2.24, 2.45) is 0 Å². The van der Waals surface area contributed by atoms with Gasteiger partial charge in [-0.25, -0.2) is 12.7 Å². The average molecular weight is 340 g/mol. The van der Waals surface area contributed by atoms with Crippen molar-refractivity contribution in [3.05, 3.63) is 23.8 Å². The molecule has 0 aromatic heterocycles. The van der Waals surface area contributed by atoms with E-state index in [2.05, 4.69) is 0 Å². The molecule has 1 aliphatic rings. The molecule has 1 aliphatic carbocycles. The smallest absolute Gasteiger partial charge is 0.260 e. The number of amides is 1. The van der Waals surface area contributed by atoms with Crippen LogP contribution in [-0.4, -0.2) is 56.8 Å². The molecule has 0 N–H and O–H groups in total. The molecule has 0 saturated heterocycles. The van der Waals surface area contributed by atoms with E-state index in [1.807, 2.05) is 13.8 Å². The van der Waals surface area contributed by atoms with E-state index in [0.29, 0.717) is 12.6 Å². The van der Waals surface area contributed by atoms with Crippen LogP contribution in [0.2, 0.25) is 0 Å². The topological polar surface area (TPSA) is 66.9 Å². The van der Waals surface area contributed by atoms with Crippen molar-refractivity contribution >= 4 is 15.9 Å². The molecule has 1 fully saturated rings. The lowest BCUT2D eigenvalue weighted by molar-refractivity contribution is -0.133. The maximum Gasteiger partial charge on any atom is 0.260 e. The Balaban J connectivity index is 2.18. The Labute approximate surface area is 138 Å². The van der Waals surface area contributed by atoms with Crippen LogP contribution in [0.3, 0.4) is 0 Å². The van der Waals surface area contributed by atoms with E-state index in [4.69, 9.17) is 4.74 Å². The van der Waals surface area contributed by atoms with Crippen LogP contribution in [0.1, 0.15) is 25.3 Å². The van der Waals surface area contributed by atoms with Gasteiger partial charge in [-0.3, -0.25) is 4.79 Å². The van der Waals surface area contributed by atoms with Gasteiger partial charge in [0.2, 0.25) is 10.0 Å². The fraction of sp³-hybridized carbons (Fsp3) is 0.562. The van der Waals surface area contributed by atoms with E-state index in [-0.39, 0.29) is 23.2 Å². The van der Waals surface area contributed by atoms with Gasteiger partial charge in [-0.2, -0.15) is 0 Å². The summed E-state index contributed by atoms with van der Waals surface area (Å²) in [5.41, 5.74) is 0.817. The third kappa shape index (κ3) is 4.03. The minimum absolute atomic E-state index is 0.0878. The van der Waals surface area contributed by atoms with Crippen molar-refractivity contribution in [3.8, 4) is 5.75 Å². The monoisotopic (exact) mass is 340 g/mol. The molecule has 0 atom stereocenters. The highest BCUT2D eigenvalue weighted by atomic mass is 32.2. The second-order valence-electron chi connectivity index (χ2n) is 5.94. The molecule has 1 saturated carbocycles. The number of benzene rings is 1. The molecule has 128 valence electrons. The largest absolute Gasteiger partial charge is 0.482 e. The molecule has 7 heteroatoms. The second-order valence-corrected chi connectivity index (χ2v) is 8.06. The van der Waals surface area contributed by atoms with Crippen LogP contribution in [-0.2, 0) is 14.8 Å². The average Bonchev–Trinajstić information content (AvgIpc) is 3.31. The van der Waals surface area contributed by atoms with Crippen LogP contribution in [0.25, 0.3) is 0 Å². The van der Waals surface area contributed by atoms with Gasteiger partial charge in [-0.15, -0.1) is 0 Å². The van der Waals surface area contributed by atoms with Crippen LogP contribution in [0.15, 0.2) is 23.1 Å². The Morgan fingerprint density at radius 3 is 2.48 bits per heavy atom. The van der Waals surface area contributed by atoms with E-state index >= 15 is 0 Å². The number of rotatable bonds is 7. The maximum absolute atomic E-state index is 12.4. The molecule has 0 bridgehead atoms. The van der Waals surface area contributed by atoms with Crippen LogP contribution in [0.5, 0.6) is 5.75 Å². The number of aryl methyl sites for hydroxylation is 1. The molecule has 0 heterocycles.